The zero-order valence-electron chi connectivity index (χ0n) is 12.9. The van der Waals surface area contributed by atoms with E-state index >= 15 is 0 Å². The molecule has 0 aromatic heterocycles. The Morgan fingerprint density at radius 2 is 2.14 bits per heavy atom. The smallest absolute Gasteiger partial charge is 0.254 e. The maximum atomic E-state index is 11.8. The van der Waals surface area contributed by atoms with Gasteiger partial charge in [-0.05, 0) is 12.1 Å². The van der Waals surface area contributed by atoms with Crippen LogP contribution in [-0.2, 0) is 9.53 Å². The van der Waals surface area contributed by atoms with Crippen molar-refractivity contribution in [2.75, 3.05) is 47.1 Å². The molecule has 1 aliphatic heterocycles. The maximum absolute atomic E-state index is 11.8. The van der Waals surface area contributed by atoms with Gasteiger partial charge in [-0.1, -0.05) is 6.07 Å². The number of ether oxygens (including phenoxy) is 3. The Morgan fingerprint density at radius 3 is 2.82 bits per heavy atom. The first-order chi connectivity index (χ1) is 10.7. The fraction of sp³-hybridized carbons (Fsp3) is 0.467. The quantitative estimate of drug-likeness (QED) is 0.611. The van der Waals surface area contributed by atoms with Gasteiger partial charge in [-0.25, -0.2) is 5.43 Å². The highest BCUT2D eigenvalue weighted by molar-refractivity contribution is 5.86. The van der Waals surface area contributed by atoms with E-state index in [4.69, 9.17) is 14.2 Å². The lowest BCUT2D eigenvalue weighted by molar-refractivity contribution is -0.123. The number of methoxy groups -OCH3 is 2. The van der Waals surface area contributed by atoms with Gasteiger partial charge in [-0.15, -0.1) is 0 Å². The first-order valence-electron chi connectivity index (χ1n) is 7.07. The summed E-state index contributed by atoms with van der Waals surface area (Å²) in [5.74, 6) is 1.04. The Bertz CT molecular complexity index is 528. The van der Waals surface area contributed by atoms with E-state index in [0.29, 0.717) is 31.3 Å². The number of carbonyl (C=O) groups excluding carboxylic acids is 1. The Morgan fingerprint density at radius 1 is 1.36 bits per heavy atom. The number of nitrogens with zero attached hydrogens (tertiary/aromatic N) is 2. The van der Waals surface area contributed by atoms with Gasteiger partial charge in [0.25, 0.3) is 5.91 Å². The van der Waals surface area contributed by atoms with E-state index in [9.17, 15) is 4.79 Å². The van der Waals surface area contributed by atoms with Gasteiger partial charge in [0.1, 0.15) is 0 Å². The lowest BCUT2D eigenvalue weighted by Crippen LogP contribution is -2.42. The number of amides is 1. The Kier molecular flexibility index (Phi) is 6.17. The third kappa shape index (κ3) is 4.44. The van der Waals surface area contributed by atoms with Crippen LogP contribution in [0.4, 0.5) is 0 Å². The van der Waals surface area contributed by atoms with Crippen LogP contribution in [0.1, 0.15) is 5.56 Å². The van der Waals surface area contributed by atoms with Gasteiger partial charge >= 0.3 is 0 Å². The molecule has 1 amide bonds. The zero-order valence-corrected chi connectivity index (χ0v) is 12.9. The lowest BCUT2D eigenvalue weighted by atomic mass is 10.2. The molecule has 0 saturated carbocycles. The van der Waals surface area contributed by atoms with Crippen molar-refractivity contribution in [3.63, 3.8) is 0 Å². The molecule has 22 heavy (non-hydrogen) atoms. The number of hydrazone groups is 1. The molecule has 120 valence electrons. The molecule has 1 saturated heterocycles. The molecule has 7 nitrogen and oxygen atoms in total. The highest BCUT2D eigenvalue weighted by Gasteiger charge is 2.13. The predicted octanol–water partition coefficient (Wildman–Crippen LogP) is 0.486. The average Bonchev–Trinajstić information content (AvgIpc) is 2.55. The lowest BCUT2D eigenvalue weighted by Gasteiger charge is -2.25. The van der Waals surface area contributed by atoms with Crippen LogP contribution in [0, 0.1) is 0 Å². The van der Waals surface area contributed by atoms with Crippen LogP contribution in [-0.4, -0.2) is 64.1 Å². The number of nitrogens with one attached hydrogen (secondary N) is 1. The molecule has 2 rings (SSSR count). The van der Waals surface area contributed by atoms with Crippen LogP contribution >= 0.6 is 0 Å². The third-order valence-electron chi connectivity index (χ3n) is 3.30. The Hall–Kier alpha value is -2.12. The third-order valence-corrected chi connectivity index (χ3v) is 3.30. The number of rotatable bonds is 6. The van der Waals surface area contributed by atoms with Crippen molar-refractivity contribution in [1.82, 2.24) is 10.3 Å². The minimum absolute atomic E-state index is 0.153. The Labute approximate surface area is 129 Å². The second kappa shape index (κ2) is 8.35. The Balaban J connectivity index is 1.90. The molecule has 0 atom stereocenters. The fourth-order valence-corrected chi connectivity index (χ4v) is 2.19. The zero-order chi connectivity index (χ0) is 15.8. The van der Waals surface area contributed by atoms with Gasteiger partial charge in [0.05, 0.1) is 40.2 Å². The average molecular weight is 307 g/mol. The second-order valence-electron chi connectivity index (χ2n) is 4.76. The molecule has 1 N–H and O–H groups in total. The summed E-state index contributed by atoms with van der Waals surface area (Å²) in [6, 6.07) is 5.46. The summed E-state index contributed by atoms with van der Waals surface area (Å²) in [4.78, 5) is 13.8. The molecule has 1 aliphatic rings. The van der Waals surface area contributed by atoms with Crippen molar-refractivity contribution >= 4 is 12.1 Å². The number of hydrogen-bond donors (Lipinski definition) is 1. The molecule has 7 heteroatoms. The molecule has 0 radical (unpaired) electrons. The second-order valence-corrected chi connectivity index (χ2v) is 4.76. The highest BCUT2D eigenvalue weighted by atomic mass is 16.5. The molecular weight excluding hydrogens is 286 g/mol. The van der Waals surface area contributed by atoms with Crippen molar-refractivity contribution in [2.24, 2.45) is 5.10 Å². The van der Waals surface area contributed by atoms with Crippen molar-refractivity contribution in [2.45, 2.75) is 0 Å². The summed E-state index contributed by atoms with van der Waals surface area (Å²) in [6.45, 7) is 3.17. The number of morpholine rings is 1. The first-order valence-corrected chi connectivity index (χ1v) is 7.07. The van der Waals surface area contributed by atoms with Crippen molar-refractivity contribution < 1.29 is 19.0 Å². The fourth-order valence-electron chi connectivity index (χ4n) is 2.19. The van der Waals surface area contributed by atoms with Gasteiger partial charge in [0.15, 0.2) is 11.5 Å². The summed E-state index contributed by atoms with van der Waals surface area (Å²) in [5.41, 5.74) is 3.25. The van der Waals surface area contributed by atoms with Crippen LogP contribution in [0.15, 0.2) is 23.3 Å². The topological polar surface area (TPSA) is 72.4 Å². The molecule has 0 spiro atoms. The van der Waals surface area contributed by atoms with E-state index in [1.807, 2.05) is 17.0 Å². The summed E-state index contributed by atoms with van der Waals surface area (Å²) < 4.78 is 15.7. The minimum Gasteiger partial charge on any atom is -0.493 e. The monoisotopic (exact) mass is 307 g/mol. The molecule has 1 aromatic carbocycles. The first kappa shape index (κ1) is 16.3. The van der Waals surface area contributed by atoms with Gasteiger partial charge in [-0.2, -0.15) is 5.10 Å². The number of para-hydroxylation sites is 1. The molecular formula is C15H21N3O4. The standard InChI is InChI=1S/C15H21N3O4/c1-20-13-5-3-4-12(15(13)21-2)10-16-17-14(19)11-18-6-8-22-9-7-18/h3-5,10H,6-9,11H2,1-2H3,(H,17,19)/b16-10-. The van der Waals surface area contributed by atoms with E-state index in [2.05, 4.69) is 10.5 Å². The molecule has 0 aliphatic carbocycles. The van der Waals surface area contributed by atoms with E-state index in [-0.39, 0.29) is 5.91 Å². The summed E-state index contributed by atoms with van der Waals surface area (Å²) >= 11 is 0. The predicted molar refractivity (Wildman–Crippen MR) is 82.5 cm³/mol. The summed E-state index contributed by atoms with van der Waals surface area (Å²) in [6.07, 6.45) is 1.54. The van der Waals surface area contributed by atoms with Gasteiger partial charge in [0.2, 0.25) is 0 Å². The van der Waals surface area contributed by atoms with E-state index in [1.165, 1.54) is 0 Å². The summed E-state index contributed by atoms with van der Waals surface area (Å²) in [5, 5.41) is 3.97. The number of hydrogen-bond acceptors (Lipinski definition) is 6. The SMILES string of the molecule is COc1cccc(/C=N\NC(=O)CN2CCOCC2)c1OC. The van der Waals surface area contributed by atoms with Crippen LogP contribution in [0.3, 0.4) is 0 Å². The minimum atomic E-state index is -0.153. The van der Waals surface area contributed by atoms with Crippen molar-refractivity contribution in [3.8, 4) is 11.5 Å². The van der Waals surface area contributed by atoms with E-state index in [0.717, 1.165) is 18.7 Å². The highest BCUT2D eigenvalue weighted by Crippen LogP contribution is 2.29. The molecule has 1 fully saturated rings. The van der Waals surface area contributed by atoms with Crippen molar-refractivity contribution in [3.05, 3.63) is 23.8 Å². The van der Waals surface area contributed by atoms with Crippen LogP contribution in [0.2, 0.25) is 0 Å². The molecule has 0 unspecified atom stereocenters. The number of benzene rings is 1. The molecule has 0 bridgehead atoms. The largest absolute Gasteiger partial charge is 0.493 e. The van der Waals surface area contributed by atoms with Crippen LogP contribution in [0.25, 0.3) is 0 Å². The van der Waals surface area contributed by atoms with E-state index < -0.39 is 0 Å². The van der Waals surface area contributed by atoms with Gasteiger partial charge in [-0.3, -0.25) is 9.69 Å². The normalized spacial score (nSPS) is 15.7. The molecule has 1 aromatic rings. The summed E-state index contributed by atoms with van der Waals surface area (Å²) in [7, 11) is 3.13. The molecule has 1 heterocycles. The van der Waals surface area contributed by atoms with Crippen LogP contribution in [0.5, 0.6) is 11.5 Å². The van der Waals surface area contributed by atoms with Gasteiger partial charge in [0, 0.05) is 18.7 Å². The number of carbonyl (C=O) groups is 1. The maximum Gasteiger partial charge on any atom is 0.254 e. The van der Waals surface area contributed by atoms with Gasteiger partial charge < -0.3 is 14.2 Å². The van der Waals surface area contributed by atoms with E-state index in [1.54, 1.807) is 26.5 Å². The van der Waals surface area contributed by atoms with Crippen LogP contribution < -0.4 is 14.9 Å². The van der Waals surface area contributed by atoms with Crippen molar-refractivity contribution in [1.29, 1.82) is 0 Å².